The lowest BCUT2D eigenvalue weighted by Gasteiger charge is -2.19. The van der Waals surface area contributed by atoms with E-state index in [0.29, 0.717) is 33.8 Å². The van der Waals surface area contributed by atoms with Gasteiger partial charge >= 0.3 is 6.18 Å². The van der Waals surface area contributed by atoms with Crippen LogP contribution in [0.5, 0.6) is 0 Å². The fraction of sp³-hybridized carbons (Fsp3) is 0.500. The molecule has 0 saturated heterocycles. The minimum absolute atomic E-state index is 0.0962. The summed E-state index contributed by atoms with van der Waals surface area (Å²) in [6, 6.07) is 3.47. The van der Waals surface area contributed by atoms with Crippen LogP contribution >= 0.6 is 11.8 Å². The van der Waals surface area contributed by atoms with E-state index in [1.165, 1.54) is 17.8 Å². The molecule has 0 aliphatic heterocycles. The molecule has 1 aromatic heterocycles. The highest BCUT2D eigenvalue weighted by atomic mass is 32.2. The van der Waals surface area contributed by atoms with Crippen molar-refractivity contribution < 1.29 is 18.0 Å². The van der Waals surface area contributed by atoms with Crippen molar-refractivity contribution in [2.24, 2.45) is 5.41 Å². The second-order valence-corrected chi connectivity index (χ2v) is 8.90. The van der Waals surface area contributed by atoms with Crippen molar-refractivity contribution >= 4 is 28.6 Å². The van der Waals surface area contributed by atoms with Gasteiger partial charge in [-0.25, -0.2) is 4.98 Å². The SMILES string of the molecule is CCSc1nc2cc(C(F)(F)F)ccc2c(C)c1C(=O)NCCC(C)(C)C. The molecule has 0 bridgehead atoms. The van der Waals surface area contributed by atoms with E-state index in [1.54, 1.807) is 6.92 Å². The largest absolute Gasteiger partial charge is 0.416 e. The average Bonchev–Trinajstić information content (AvgIpc) is 2.52. The van der Waals surface area contributed by atoms with Crippen LogP contribution in [0.25, 0.3) is 10.9 Å². The third-order valence-corrected chi connectivity index (χ3v) is 5.07. The normalized spacial score (nSPS) is 12.4. The second kappa shape index (κ2) is 8.09. The Morgan fingerprint density at radius 2 is 1.89 bits per heavy atom. The molecule has 0 unspecified atom stereocenters. The molecule has 0 aliphatic rings. The van der Waals surface area contributed by atoms with Crippen molar-refractivity contribution in [3.63, 3.8) is 0 Å². The summed E-state index contributed by atoms with van der Waals surface area (Å²) in [4.78, 5) is 17.2. The first kappa shape index (κ1) is 21.5. The number of nitrogens with zero attached hydrogens (tertiary/aromatic N) is 1. The lowest BCUT2D eigenvalue weighted by atomic mass is 9.92. The number of rotatable bonds is 5. The number of nitrogens with one attached hydrogen (secondary N) is 1. The Morgan fingerprint density at radius 1 is 1.22 bits per heavy atom. The van der Waals surface area contributed by atoms with Crippen molar-refractivity contribution in [2.75, 3.05) is 12.3 Å². The molecule has 1 aromatic carbocycles. The van der Waals surface area contributed by atoms with Gasteiger partial charge in [0.2, 0.25) is 0 Å². The zero-order valence-electron chi connectivity index (χ0n) is 16.3. The Morgan fingerprint density at radius 3 is 2.44 bits per heavy atom. The fourth-order valence-corrected chi connectivity index (χ4v) is 3.55. The summed E-state index contributed by atoms with van der Waals surface area (Å²) >= 11 is 1.36. The van der Waals surface area contributed by atoms with Gasteiger partial charge in [-0.05, 0) is 42.2 Å². The first-order chi connectivity index (χ1) is 12.4. The highest BCUT2D eigenvalue weighted by Gasteiger charge is 2.31. The van der Waals surface area contributed by atoms with Crippen LogP contribution in [0.4, 0.5) is 13.2 Å². The van der Waals surface area contributed by atoms with E-state index >= 15 is 0 Å². The van der Waals surface area contributed by atoms with Gasteiger partial charge in [0.1, 0.15) is 5.03 Å². The summed E-state index contributed by atoms with van der Waals surface area (Å²) in [5, 5.41) is 3.95. The number of pyridine rings is 1. The number of halogens is 3. The highest BCUT2D eigenvalue weighted by Crippen LogP contribution is 2.34. The van der Waals surface area contributed by atoms with E-state index < -0.39 is 11.7 Å². The maximum atomic E-state index is 13.0. The van der Waals surface area contributed by atoms with Gasteiger partial charge in [-0.3, -0.25) is 4.79 Å². The van der Waals surface area contributed by atoms with Gasteiger partial charge in [0.05, 0.1) is 16.6 Å². The number of fused-ring (bicyclic) bond motifs is 1. The Labute approximate surface area is 162 Å². The van der Waals surface area contributed by atoms with E-state index in [2.05, 4.69) is 31.1 Å². The fourth-order valence-electron chi connectivity index (χ4n) is 2.73. The van der Waals surface area contributed by atoms with Gasteiger partial charge in [-0.15, -0.1) is 11.8 Å². The van der Waals surface area contributed by atoms with Gasteiger partial charge in [-0.2, -0.15) is 13.2 Å². The summed E-state index contributed by atoms with van der Waals surface area (Å²) in [6.07, 6.45) is -3.60. The molecule has 2 aromatic rings. The molecule has 7 heteroatoms. The topological polar surface area (TPSA) is 42.0 Å². The monoisotopic (exact) mass is 398 g/mol. The molecule has 2 rings (SSSR count). The third-order valence-electron chi connectivity index (χ3n) is 4.21. The molecule has 1 amide bonds. The molecular formula is C20H25F3N2OS. The molecule has 27 heavy (non-hydrogen) atoms. The third kappa shape index (κ3) is 5.37. The van der Waals surface area contributed by atoms with Crippen molar-refractivity contribution in [3.8, 4) is 0 Å². The summed E-state index contributed by atoms with van der Waals surface area (Å²) < 4.78 is 39.0. The van der Waals surface area contributed by atoms with E-state index in [-0.39, 0.29) is 16.8 Å². The highest BCUT2D eigenvalue weighted by molar-refractivity contribution is 7.99. The Balaban J connectivity index is 2.47. The van der Waals surface area contributed by atoms with Gasteiger partial charge < -0.3 is 5.32 Å². The second-order valence-electron chi connectivity index (χ2n) is 7.65. The summed E-state index contributed by atoms with van der Waals surface area (Å²) in [5.74, 6) is 0.432. The molecule has 0 radical (unpaired) electrons. The molecule has 148 valence electrons. The zero-order valence-corrected chi connectivity index (χ0v) is 17.1. The molecular weight excluding hydrogens is 373 g/mol. The first-order valence-electron chi connectivity index (χ1n) is 8.86. The van der Waals surface area contributed by atoms with E-state index in [4.69, 9.17) is 0 Å². The number of benzene rings is 1. The summed E-state index contributed by atoms with van der Waals surface area (Å²) in [6.45, 7) is 10.5. The molecule has 3 nitrogen and oxygen atoms in total. The van der Waals surface area contributed by atoms with E-state index in [0.717, 1.165) is 18.6 Å². The smallest absolute Gasteiger partial charge is 0.352 e. The van der Waals surface area contributed by atoms with Gasteiger partial charge in [0.15, 0.2) is 0 Å². The summed E-state index contributed by atoms with van der Waals surface area (Å²) in [7, 11) is 0. The molecule has 0 aliphatic carbocycles. The van der Waals surface area contributed by atoms with Crippen LogP contribution in [0, 0.1) is 12.3 Å². The number of alkyl halides is 3. The van der Waals surface area contributed by atoms with Crippen molar-refractivity contribution in [1.29, 1.82) is 0 Å². The van der Waals surface area contributed by atoms with E-state index in [9.17, 15) is 18.0 Å². The molecule has 0 saturated carbocycles. The van der Waals surface area contributed by atoms with Gasteiger partial charge in [-0.1, -0.05) is 33.8 Å². The molecule has 0 spiro atoms. The first-order valence-corrected chi connectivity index (χ1v) is 9.85. The van der Waals surface area contributed by atoms with Crippen molar-refractivity contribution in [3.05, 3.63) is 34.9 Å². The number of amides is 1. The zero-order chi connectivity index (χ0) is 20.4. The van der Waals surface area contributed by atoms with E-state index in [1.807, 2.05) is 6.92 Å². The number of aromatic nitrogens is 1. The Kier molecular flexibility index (Phi) is 6.45. The van der Waals surface area contributed by atoms with Crippen molar-refractivity contribution in [1.82, 2.24) is 10.3 Å². The Hall–Kier alpha value is -1.76. The predicted molar refractivity (Wildman–Crippen MR) is 104 cm³/mol. The summed E-state index contributed by atoms with van der Waals surface area (Å²) in [5.41, 5.74) is 0.709. The van der Waals surface area contributed by atoms with Crippen LogP contribution in [0.3, 0.4) is 0 Å². The van der Waals surface area contributed by atoms with Crippen LogP contribution in [-0.4, -0.2) is 23.2 Å². The molecule has 0 atom stereocenters. The average molecular weight is 398 g/mol. The number of aryl methyl sites for hydroxylation is 1. The van der Waals surface area contributed by atoms with Crippen molar-refractivity contribution in [2.45, 2.75) is 52.2 Å². The van der Waals surface area contributed by atoms with Crippen LogP contribution in [0.15, 0.2) is 23.2 Å². The van der Waals surface area contributed by atoms with Crippen LogP contribution < -0.4 is 5.32 Å². The lowest BCUT2D eigenvalue weighted by molar-refractivity contribution is -0.137. The molecule has 0 fully saturated rings. The maximum absolute atomic E-state index is 13.0. The number of hydrogen-bond acceptors (Lipinski definition) is 3. The maximum Gasteiger partial charge on any atom is 0.416 e. The number of carbonyl (C=O) groups is 1. The Bertz CT molecular complexity index is 842. The number of carbonyl (C=O) groups excluding carboxylic acids is 1. The van der Waals surface area contributed by atoms with Gasteiger partial charge in [0.25, 0.3) is 5.91 Å². The predicted octanol–water partition coefficient (Wildman–Crippen LogP) is 5.84. The minimum Gasteiger partial charge on any atom is -0.352 e. The quantitative estimate of drug-likeness (QED) is 0.644. The van der Waals surface area contributed by atoms with Crippen LogP contribution in [0.1, 0.15) is 55.6 Å². The molecule has 1 heterocycles. The number of thioether (sulfide) groups is 1. The minimum atomic E-state index is -4.43. The van der Waals surface area contributed by atoms with Crippen LogP contribution in [0.2, 0.25) is 0 Å². The molecule has 1 N–H and O–H groups in total. The lowest BCUT2D eigenvalue weighted by Crippen LogP contribution is -2.28. The standard InChI is InChI=1S/C20H25F3N2OS/c1-6-27-18-16(17(26)24-10-9-19(3,4)5)12(2)14-8-7-13(20(21,22)23)11-15(14)25-18/h7-8,11H,6,9-10H2,1-5H3,(H,24,26). The van der Waals surface area contributed by atoms with Gasteiger partial charge in [0, 0.05) is 11.9 Å². The number of hydrogen-bond donors (Lipinski definition) is 1. The van der Waals surface area contributed by atoms with Crippen LogP contribution in [-0.2, 0) is 6.18 Å².